The largest absolute Gasteiger partial charge is 0.304 e. The van der Waals surface area contributed by atoms with Gasteiger partial charge in [0, 0.05) is 12.1 Å². The fraction of sp³-hybridized carbons (Fsp3) is 0.111. The van der Waals surface area contributed by atoms with Crippen molar-refractivity contribution in [2.24, 2.45) is 4.40 Å². The Balaban J connectivity index is 2.37. The number of sulfonamides is 1. The van der Waals surface area contributed by atoms with Crippen LogP contribution in [0.15, 0.2) is 33.6 Å². The van der Waals surface area contributed by atoms with E-state index in [9.17, 15) is 23.3 Å². The molecule has 0 aliphatic carbocycles. The molecule has 1 aromatic carbocycles. The monoisotopic (exact) mass is 301 g/mol. The van der Waals surface area contributed by atoms with Gasteiger partial charge >= 0.3 is 0 Å². The van der Waals surface area contributed by atoms with Crippen molar-refractivity contribution in [1.29, 1.82) is 0 Å². The normalized spacial score (nSPS) is 17.5. The first-order chi connectivity index (χ1) is 8.88. The molecule has 0 spiro atoms. The SMILES string of the molecule is O=C1CSC(=NS(=O)(=O)c2cccc([N+](=O)[O-])c2)N1. The van der Waals surface area contributed by atoms with Gasteiger partial charge in [0.25, 0.3) is 15.7 Å². The van der Waals surface area contributed by atoms with E-state index in [-0.39, 0.29) is 27.4 Å². The maximum Gasteiger partial charge on any atom is 0.285 e. The predicted octanol–water partition coefficient (Wildman–Crippen LogP) is 0.503. The zero-order chi connectivity index (χ0) is 14.0. The maximum atomic E-state index is 11.9. The van der Waals surface area contributed by atoms with E-state index in [2.05, 4.69) is 9.71 Å². The van der Waals surface area contributed by atoms with Crippen molar-refractivity contribution in [1.82, 2.24) is 5.32 Å². The molecule has 1 aliphatic heterocycles. The van der Waals surface area contributed by atoms with Gasteiger partial charge in [-0.2, -0.15) is 8.42 Å². The van der Waals surface area contributed by atoms with Crippen molar-refractivity contribution in [2.75, 3.05) is 5.75 Å². The van der Waals surface area contributed by atoms with Crippen LogP contribution in [-0.2, 0) is 14.8 Å². The molecular formula is C9H7N3O5S2. The molecule has 10 heteroatoms. The summed E-state index contributed by atoms with van der Waals surface area (Å²) in [5.41, 5.74) is -0.343. The number of nitrogens with one attached hydrogen (secondary N) is 1. The van der Waals surface area contributed by atoms with Crippen LogP contribution in [0.2, 0.25) is 0 Å². The smallest absolute Gasteiger partial charge is 0.285 e. The summed E-state index contributed by atoms with van der Waals surface area (Å²) in [6, 6.07) is 4.55. The number of carbonyl (C=O) groups is 1. The third-order valence-electron chi connectivity index (χ3n) is 2.12. The molecule has 1 fully saturated rings. The van der Waals surface area contributed by atoms with E-state index in [1.165, 1.54) is 18.2 Å². The Bertz CT molecular complexity index is 683. The molecule has 1 aromatic rings. The van der Waals surface area contributed by atoms with Gasteiger partial charge in [-0.25, -0.2) is 0 Å². The molecule has 0 atom stereocenters. The second-order valence-electron chi connectivity index (χ2n) is 3.46. The van der Waals surface area contributed by atoms with Crippen molar-refractivity contribution >= 4 is 38.5 Å². The Labute approximate surface area is 112 Å². The lowest BCUT2D eigenvalue weighted by molar-refractivity contribution is -0.385. The van der Waals surface area contributed by atoms with Crippen LogP contribution in [-0.4, -0.2) is 30.2 Å². The number of amidine groups is 1. The lowest BCUT2D eigenvalue weighted by Crippen LogP contribution is -2.21. The van der Waals surface area contributed by atoms with Crippen molar-refractivity contribution in [3.8, 4) is 0 Å². The van der Waals surface area contributed by atoms with Gasteiger partial charge in [-0.1, -0.05) is 17.8 Å². The summed E-state index contributed by atoms with van der Waals surface area (Å²) < 4.78 is 27.2. The van der Waals surface area contributed by atoms with Gasteiger partial charge in [0.2, 0.25) is 5.91 Å². The molecule has 100 valence electrons. The number of benzene rings is 1. The highest BCUT2D eigenvalue weighted by Crippen LogP contribution is 2.20. The van der Waals surface area contributed by atoms with Gasteiger partial charge in [0.05, 0.1) is 15.6 Å². The zero-order valence-electron chi connectivity index (χ0n) is 9.27. The number of nitro groups is 1. The summed E-state index contributed by atoms with van der Waals surface area (Å²) >= 11 is 0.959. The minimum atomic E-state index is -4.08. The van der Waals surface area contributed by atoms with Crippen molar-refractivity contribution < 1.29 is 18.1 Å². The van der Waals surface area contributed by atoms with Gasteiger partial charge in [-0.3, -0.25) is 14.9 Å². The maximum absolute atomic E-state index is 11.9. The number of hydrogen-bond acceptors (Lipinski definition) is 6. The van der Waals surface area contributed by atoms with Crippen molar-refractivity contribution in [3.05, 3.63) is 34.4 Å². The van der Waals surface area contributed by atoms with E-state index >= 15 is 0 Å². The highest BCUT2D eigenvalue weighted by Gasteiger charge is 2.22. The van der Waals surface area contributed by atoms with Crippen LogP contribution in [0.3, 0.4) is 0 Å². The molecule has 2 rings (SSSR count). The van der Waals surface area contributed by atoms with Crippen LogP contribution in [0.1, 0.15) is 0 Å². The topological polar surface area (TPSA) is 119 Å². The molecule has 0 unspecified atom stereocenters. The lowest BCUT2D eigenvalue weighted by Gasteiger charge is -2.00. The Hall–Kier alpha value is -1.94. The zero-order valence-corrected chi connectivity index (χ0v) is 10.9. The van der Waals surface area contributed by atoms with Crippen LogP contribution in [0.25, 0.3) is 0 Å². The van der Waals surface area contributed by atoms with Gasteiger partial charge in [-0.05, 0) is 6.07 Å². The molecule has 1 N–H and O–H groups in total. The van der Waals surface area contributed by atoms with Gasteiger partial charge in [0.1, 0.15) is 0 Å². The molecule has 19 heavy (non-hydrogen) atoms. The number of non-ortho nitro benzene ring substituents is 1. The standard InChI is InChI=1S/C9H7N3O5S2/c13-8-5-18-9(10-8)11-19(16,17)7-3-1-2-6(4-7)12(14)15/h1-4H,5H2,(H,10,11,13). The fourth-order valence-corrected chi connectivity index (χ4v) is 3.21. The van der Waals surface area contributed by atoms with Gasteiger partial charge in [0.15, 0.2) is 5.17 Å². The molecule has 1 saturated heterocycles. The molecule has 0 aromatic heterocycles. The average molecular weight is 301 g/mol. The Morgan fingerprint density at radius 3 is 2.74 bits per heavy atom. The van der Waals surface area contributed by atoms with Crippen LogP contribution < -0.4 is 5.32 Å². The van der Waals surface area contributed by atoms with Crippen LogP contribution in [0.4, 0.5) is 5.69 Å². The first-order valence-electron chi connectivity index (χ1n) is 4.90. The Morgan fingerprint density at radius 2 is 2.16 bits per heavy atom. The number of amides is 1. The number of hydrogen-bond donors (Lipinski definition) is 1. The van der Waals surface area contributed by atoms with E-state index in [4.69, 9.17) is 0 Å². The number of rotatable bonds is 3. The summed E-state index contributed by atoms with van der Waals surface area (Å²) in [4.78, 5) is 20.5. The second-order valence-corrected chi connectivity index (χ2v) is 6.03. The van der Waals surface area contributed by atoms with Crippen LogP contribution >= 0.6 is 11.8 Å². The summed E-state index contributed by atoms with van der Waals surface area (Å²) in [7, 11) is -4.08. The molecule has 0 saturated carbocycles. The molecule has 8 nitrogen and oxygen atoms in total. The number of thioether (sulfide) groups is 1. The first-order valence-corrected chi connectivity index (χ1v) is 7.33. The van der Waals surface area contributed by atoms with Crippen LogP contribution in [0, 0.1) is 10.1 Å². The van der Waals surface area contributed by atoms with Crippen molar-refractivity contribution in [2.45, 2.75) is 4.90 Å². The van der Waals surface area contributed by atoms with Crippen molar-refractivity contribution in [3.63, 3.8) is 0 Å². The third-order valence-corrected chi connectivity index (χ3v) is 4.38. The highest BCUT2D eigenvalue weighted by molar-refractivity contribution is 8.15. The molecule has 1 heterocycles. The minimum absolute atomic E-state index is 0.0310. The molecule has 1 aliphatic rings. The summed E-state index contributed by atoms with van der Waals surface area (Å²) in [5.74, 6) is -0.235. The molecule has 0 bridgehead atoms. The summed E-state index contributed by atoms with van der Waals surface area (Å²) in [5, 5.41) is 12.8. The average Bonchev–Trinajstić information content (AvgIpc) is 2.74. The second kappa shape index (κ2) is 4.97. The van der Waals surface area contributed by atoms with E-state index < -0.39 is 14.9 Å². The Morgan fingerprint density at radius 1 is 1.42 bits per heavy atom. The highest BCUT2D eigenvalue weighted by atomic mass is 32.2. The number of carbonyl (C=O) groups excluding carboxylic acids is 1. The third kappa shape index (κ3) is 3.09. The summed E-state index contributed by atoms with van der Waals surface area (Å²) in [6.07, 6.45) is 0. The van der Waals surface area contributed by atoms with E-state index in [0.717, 1.165) is 17.8 Å². The molecule has 1 amide bonds. The molecule has 0 radical (unpaired) electrons. The summed E-state index contributed by atoms with van der Waals surface area (Å²) in [6.45, 7) is 0. The lowest BCUT2D eigenvalue weighted by atomic mass is 10.3. The van der Waals surface area contributed by atoms with E-state index in [0.29, 0.717) is 0 Å². The minimum Gasteiger partial charge on any atom is -0.304 e. The number of nitro benzene ring substituents is 1. The van der Waals surface area contributed by atoms with E-state index in [1.807, 2.05) is 0 Å². The van der Waals surface area contributed by atoms with E-state index in [1.54, 1.807) is 0 Å². The fourth-order valence-electron chi connectivity index (χ4n) is 1.29. The van der Waals surface area contributed by atoms with Crippen LogP contribution in [0.5, 0.6) is 0 Å². The van der Waals surface area contributed by atoms with Gasteiger partial charge < -0.3 is 5.32 Å². The number of nitrogens with zero attached hydrogens (tertiary/aromatic N) is 2. The quantitative estimate of drug-likeness (QED) is 0.641. The van der Waals surface area contributed by atoms with Gasteiger partial charge in [-0.15, -0.1) is 4.40 Å². The predicted molar refractivity (Wildman–Crippen MR) is 68.3 cm³/mol. The first kappa shape index (κ1) is 13.5. The Kier molecular flexibility index (Phi) is 3.53. The molecular weight excluding hydrogens is 294 g/mol.